The maximum Gasteiger partial charge on any atom is 0.409 e. The molecule has 0 radical (unpaired) electrons. The molecule has 0 atom stereocenters. The highest BCUT2D eigenvalue weighted by atomic mass is 35.5. The smallest absolute Gasteiger partial charge is 0.409 e. The topological polar surface area (TPSA) is 61.9 Å². The van der Waals surface area contributed by atoms with Crippen LogP contribution in [0.25, 0.3) is 0 Å². The van der Waals surface area contributed by atoms with E-state index in [2.05, 4.69) is 10.2 Å². The zero-order chi connectivity index (χ0) is 19.6. The molecule has 0 aromatic heterocycles. The summed E-state index contributed by atoms with van der Waals surface area (Å²) in [5, 5.41) is 3.58. The first kappa shape index (κ1) is 21.5. The number of amides is 2. The summed E-state index contributed by atoms with van der Waals surface area (Å²) in [6.45, 7) is 8.59. The van der Waals surface area contributed by atoms with E-state index < -0.39 is 0 Å². The van der Waals surface area contributed by atoms with Gasteiger partial charge in [0, 0.05) is 44.2 Å². The van der Waals surface area contributed by atoms with Crippen molar-refractivity contribution < 1.29 is 14.3 Å². The Labute approximate surface area is 166 Å². The molecule has 27 heavy (non-hydrogen) atoms. The second-order valence-corrected chi connectivity index (χ2v) is 7.68. The standard InChI is InChI=1S/C20H30ClN3O3/c1-16(2)15-27-20(26)24-10-5-9-23(12-13-24)11-8-19(25)22-14-17-6-3-4-7-18(17)21/h3-4,6-7,16H,5,8-15H2,1-2H3,(H,22,25). The third-order valence-electron chi connectivity index (χ3n) is 4.48. The number of carbonyl (C=O) groups excluding carboxylic acids is 2. The van der Waals surface area contributed by atoms with Gasteiger partial charge in [-0.2, -0.15) is 0 Å². The van der Waals surface area contributed by atoms with Crippen LogP contribution in [0.1, 0.15) is 32.3 Å². The molecule has 1 N–H and O–H groups in total. The number of ether oxygens (including phenoxy) is 1. The lowest BCUT2D eigenvalue weighted by Crippen LogP contribution is -2.37. The number of benzene rings is 1. The molecule has 2 amide bonds. The monoisotopic (exact) mass is 395 g/mol. The number of carbonyl (C=O) groups is 2. The normalized spacial score (nSPS) is 15.5. The molecule has 150 valence electrons. The molecule has 1 aliphatic heterocycles. The fourth-order valence-corrected chi connectivity index (χ4v) is 3.09. The summed E-state index contributed by atoms with van der Waals surface area (Å²) >= 11 is 6.10. The summed E-state index contributed by atoms with van der Waals surface area (Å²) in [5.41, 5.74) is 0.915. The minimum absolute atomic E-state index is 0.00682. The van der Waals surface area contributed by atoms with Crippen LogP contribution in [0.5, 0.6) is 0 Å². The SMILES string of the molecule is CC(C)COC(=O)N1CCCN(CCC(=O)NCc2ccccc2Cl)CC1. The number of nitrogens with zero attached hydrogens (tertiary/aromatic N) is 2. The Hall–Kier alpha value is -1.79. The largest absolute Gasteiger partial charge is 0.449 e. The molecule has 1 aromatic carbocycles. The van der Waals surface area contributed by atoms with E-state index >= 15 is 0 Å². The van der Waals surface area contributed by atoms with Crippen molar-refractivity contribution >= 4 is 23.6 Å². The van der Waals surface area contributed by atoms with Crippen LogP contribution in [0.4, 0.5) is 4.79 Å². The predicted molar refractivity (Wildman–Crippen MR) is 107 cm³/mol. The lowest BCUT2D eigenvalue weighted by molar-refractivity contribution is -0.121. The van der Waals surface area contributed by atoms with Gasteiger partial charge in [-0.15, -0.1) is 0 Å². The van der Waals surface area contributed by atoms with Gasteiger partial charge in [0.2, 0.25) is 5.91 Å². The van der Waals surface area contributed by atoms with Gasteiger partial charge in [-0.3, -0.25) is 4.79 Å². The van der Waals surface area contributed by atoms with Gasteiger partial charge in [0.05, 0.1) is 6.61 Å². The molecule has 0 bridgehead atoms. The van der Waals surface area contributed by atoms with Crippen molar-refractivity contribution in [1.82, 2.24) is 15.1 Å². The van der Waals surface area contributed by atoms with E-state index in [1.165, 1.54) is 0 Å². The van der Waals surface area contributed by atoms with Gasteiger partial charge >= 0.3 is 6.09 Å². The third kappa shape index (κ3) is 7.77. The van der Waals surface area contributed by atoms with Crippen molar-refractivity contribution in [3.8, 4) is 0 Å². The average Bonchev–Trinajstić information content (AvgIpc) is 2.89. The van der Waals surface area contributed by atoms with Crippen molar-refractivity contribution in [2.24, 2.45) is 5.92 Å². The van der Waals surface area contributed by atoms with Crippen LogP contribution in [0, 0.1) is 5.92 Å². The minimum atomic E-state index is -0.233. The van der Waals surface area contributed by atoms with Crippen LogP contribution in [-0.4, -0.2) is 61.1 Å². The van der Waals surface area contributed by atoms with Crippen LogP contribution in [-0.2, 0) is 16.1 Å². The van der Waals surface area contributed by atoms with Gasteiger partial charge in [-0.25, -0.2) is 4.79 Å². The predicted octanol–water partition coefficient (Wildman–Crippen LogP) is 3.15. The molecule has 2 rings (SSSR count). The van der Waals surface area contributed by atoms with Crippen molar-refractivity contribution in [2.75, 3.05) is 39.3 Å². The molecule has 0 aliphatic carbocycles. The molecular formula is C20H30ClN3O3. The summed E-state index contributed by atoms with van der Waals surface area (Å²) in [6.07, 6.45) is 1.09. The zero-order valence-corrected chi connectivity index (χ0v) is 17.0. The lowest BCUT2D eigenvalue weighted by Gasteiger charge is -2.22. The molecule has 1 fully saturated rings. The summed E-state index contributed by atoms with van der Waals surface area (Å²) in [6, 6.07) is 7.50. The van der Waals surface area contributed by atoms with Gasteiger partial charge in [-0.05, 0) is 30.5 Å². The summed E-state index contributed by atoms with van der Waals surface area (Å²) in [4.78, 5) is 28.2. The van der Waals surface area contributed by atoms with Gasteiger partial charge in [-0.1, -0.05) is 43.6 Å². The lowest BCUT2D eigenvalue weighted by atomic mass is 10.2. The first-order valence-corrected chi connectivity index (χ1v) is 9.97. The number of rotatable bonds is 7. The van der Waals surface area contributed by atoms with Crippen molar-refractivity contribution in [1.29, 1.82) is 0 Å². The van der Waals surface area contributed by atoms with E-state index in [1.54, 1.807) is 4.90 Å². The van der Waals surface area contributed by atoms with Crippen molar-refractivity contribution in [3.63, 3.8) is 0 Å². The fraction of sp³-hybridized carbons (Fsp3) is 0.600. The summed E-state index contributed by atoms with van der Waals surface area (Å²) in [7, 11) is 0. The summed E-state index contributed by atoms with van der Waals surface area (Å²) < 4.78 is 5.31. The molecule has 0 spiro atoms. The molecule has 1 aromatic rings. The number of hydrogen-bond donors (Lipinski definition) is 1. The second-order valence-electron chi connectivity index (χ2n) is 7.27. The Kier molecular flexibility index (Phi) is 8.88. The molecule has 0 unspecified atom stereocenters. The maximum atomic E-state index is 12.1. The van der Waals surface area contributed by atoms with Gasteiger partial charge in [0.1, 0.15) is 0 Å². The minimum Gasteiger partial charge on any atom is -0.449 e. The first-order valence-electron chi connectivity index (χ1n) is 9.60. The Bertz CT molecular complexity index is 624. The van der Waals surface area contributed by atoms with Crippen LogP contribution >= 0.6 is 11.6 Å². The van der Waals surface area contributed by atoms with Crippen LogP contribution in [0.3, 0.4) is 0 Å². The van der Waals surface area contributed by atoms with E-state index in [4.69, 9.17) is 16.3 Å². The van der Waals surface area contributed by atoms with E-state index in [9.17, 15) is 9.59 Å². The first-order chi connectivity index (χ1) is 13.0. The van der Waals surface area contributed by atoms with Crippen molar-refractivity contribution in [3.05, 3.63) is 34.9 Å². The third-order valence-corrected chi connectivity index (χ3v) is 4.84. The number of nitrogens with one attached hydrogen (secondary N) is 1. The Morgan fingerprint density at radius 1 is 1.19 bits per heavy atom. The zero-order valence-electron chi connectivity index (χ0n) is 16.2. The van der Waals surface area contributed by atoms with Crippen LogP contribution in [0.2, 0.25) is 5.02 Å². The van der Waals surface area contributed by atoms with E-state index in [0.29, 0.717) is 50.1 Å². The average molecular weight is 396 g/mol. The molecular weight excluding hydrogens is 366 g/mol. The molecule has 7 heteroatoms. The summed E-state index contributed by atoms with van der Waals surface area (Å²) in [5.74, 6) is 0.342. The van der Waals surface area contributed by atoms with Gasteiger partial charge in [0.15, 0.2) is 0 Å². The molecule has 0 saturated carbocycles. The Balaban J connectivity index is 1.68. The molecule has 1 saturated heterocycles. The number of hydrogen-bond acceptors (Lipinski definition) is 4. The van der Waals surface area contributed by atoms with E-state index in [1.807, 2.05) is 38.1 Å². The van der Waals surface area contributed by atoms with E-state index in [0.717, 1.165) is 25.1 Å². The van der Waals surface area contributed by atoms with Crippen molar-refractivity contribution in [2.45, 2.75) is 33.2 Å². The fourth-order valence-electron chi connectivity index (χ4n) is 2.89. The highest BCUT2D eigenvalue weighted by molar-refractivity contribution is 6.31. The highest BCUT2D eigenvalue weighted by Crippen LogP contribution is 2.14. The quantitative estimate of drug-likeness (QED) is 0.770. The van der Waals surface area contributed by atoms with Crippen LogP contribution < -0.4 is 5.32 Å². The molecule has 1 aliphatic rings. The highest BCUT2D eigenvalue weighted by Gasteiger charge is 2.20. The molecule has 1 heterocycles. The van der Waals surface area contributed by atoms with Crippen LogP contribution in [0.15, 0.2) is 24.3 Å². The van der Waals surface area contributed by atoms with E-state index in [-0.39, 0.29) is 12.0 Å². The number of halogens is 1. The van der Waals surface area contributed by atoms with Gasteiger partial charge in [0.25, 0.3) is 0 Å². The Morgan fingerprint density at radius 3 is 2.70 bits per heavy atom. The Morgan fingerprint density at radius 2 is 1.96 bits per heavy atom. The molecule has 6 nitrogen and oxygen atoms in total. The second kappa shape index (κ2) is 11.1. The van der Waals surface area contributed by atoms with Gasteiger partial charge < -0.3 is 19.9 Å². The maximum absolute atomic E-state index is 12.1.